The average molecular weight is 339 g/mol. The first-order valence-electron chi connectivity index (χ1n) is 7.87. The van der Waals surface area contributed by atoms with Crippen molar-refractivity contribution in [2.45, 2.75) is 24.2 Å². The zero-order valence-corrected chi connectivity index (χ0v) is 13.8. The first kappa shape index (κ1) is 15.0. The molecule has 0 fully saturated rings. The quantitative estimate of drug-likeness (QED) is 0.794. The van der Waals surface area contributed by atoms with Crippen LogP contribution in [0.5, 0.6) is 0 Å². The van der Waals surface area contributed by atoms with Gasteiger partial charge in [-0.05, 0) is 60.7 Å². The number of para-hydroxylation sites is 2. The molecule has 0 saturated heterocycles. The Kier molecular flexibility index (Phi) is 3.61. The molecule has 4 rings (SSSR count). The predicted octanol–water partition coefficient (Wildman–Crippen LogP) is 3.16. The van der Waals surface area contributed by atoms with Crippen LogP contribution in [0.15, 0.2) is 65.8 Å². The topological polar surface area (TPSA) is 64.0 Å². The Morgan fingerprint density at radius 1 is 1.00 bits per heavy atom. The Morgan fingerprint density at radius 2 is 1.83 bits per heavy atom. The second-order valence-electron chi connectivity index (χ2n) is 5.86. The molecule has 6 heteroatoms. The van der Waals surface area contributed by atoms with Gasteiger partial charge < -0.3 is 0 Å². The Balaban J connectivity index is 1.70. The SMILES string of the molecule is O=S(=O)(Nc1ccccc1-n1cccn1)c1ccc2c(c1)CCC2. The molecule has 0 bridgehead atoms. The van der Waals surface area contributed by atoms with Crippen LogP contribution in [0.2, 0.25) is 0 Å². The standard InChI is InChI=1S/C18H17N3O2S/c22-24(23,16-10-9-14-5-3-6-15(14)13-16)20-17-7-1-2-8-18(17)21-12-4-11-19-21/h1-2,4,7-13,20H,3,5-6H2. The second-order valence-corrected chi connectivity index (χ2v) is 7.54. The van der Waals surface area contributed by atoms with Crippen molar-refractivity contribution in [3.05, 3.63) is 72.1 Å². The van der Waals surface area contributed by atoms with Gasteiger partial charge in [0.15, 0.2) is 0 Å². The Labute approximate surface area is 141 Å². The van der Waals surface area contributed by atoms with Crippen LogP contribution < -0.4 is 4.72 Å². The van der Waals surface area contributed by atoms with Gasteiger partial charge in [-0.15, -0.1) is 0 Å². The van der Waals surface area contributed by atoms with E-state index >= 15 is 0 Å². The molecule has 1 aromatic heterocycles. The van der Waals surface area contributed by atoms with Crippen molar-refractivity contribution in [3.8, 4) is 5.69 Å². The van der Waals surface area contributed by atoms with Crippen molar-refractivity contribution in [3.63, 3.8) is 0 Å². The van der Waals surface area contributed by atoms with E-state index in [1.54, 1.807) is 47.4 Å². The van der Waals surface area contributed by atoms with E-state index in [2.05, 4.69) is 9.82 Å². The van der Waals surface area contributed by atoms with Crippen LogP contribution in [0.3, 0.4) is 0 Å². The minimum absolute atomic E-state index is 0.304. The lowest BCUT2D eigenvalue weighted by Gasteiger charge is -2.13. The summed E-state index contributed by atoms with van der Waals surface area (Å²) in [5, 5.41) is 4.18. The molecule has 0 spiro atoms. The molecular formula is C18H17N3O2S. The fraction of sp³-hybridized carbons (Fsp3) is 0.167. The van der Waals surface area contributed by atoms with Crippen molar-refractivity contribution in [2.24, 2.45) is 0 Å². The van der Waals surface area contributed by atoms with Gasteiger partial charge in [0.1, 0.15) is 0 Å². The van der Waals surface area contributed by atoms with Crippen LogP contribution in [0, 0.1) is 0 Å². The van der Waals surface area contributed by atoms with Crippen molar-refractivity contribution in [1.29, 1.82) is 0 Å². The summed E-state index contributed by atoms with van der Waals surface area (Å²) >= 11 is 0. The first-order valence-corrected chi connectivity index (χ1v) is 9.35. The molecule has 122 valence electrons. The van der Waals surface area contributed by atoms with Crippen molar-refractivity contribution < 1.29 is 8.42 Å². The maximum absolute atomic E-state index is 12.8. The van der Waals surface area contributed by atoms with Crippen molar-refractivity contribution >= 4 is 15.7 Å². The summed E-state index contributed by atoms with van der Waals surface area (Å²) in [6.45, 7) is 0. The molecule has 24 heavy (non-hydrogen) atoms. The lowest BCUT2D eigenvalue weighted by molar-refractivity contribution is 0.601. The van der Waals surface area contributed by atoms with E-state index in [1.165, 1.54) is 5.56 Å². The zero-order chi connectivity index (χ0) is 16.6. The van der Waals surface area contributed by atoms with Gasteiger partial charge >= 0.3 is 0 Å². The van der Waals surface area contributed by atoms with Gasteiger partial charge in [-0.3, -0.25) is 4.72 Å². The molecule has 5 nitrogen and oxygen atoms in total. The predicted molar refractivity (Wildman–Crippen MR) is 92.8 cm³/mol. The van der Waals surface area contributed by atoms with E-state index in [1.807, 2.05) is 18.2 Å². The van der Waals surface area contributed by atoms with Gasteiger partial charge in [-0.2, -0.15) is 5.10 Å². The smallest absolute Gasteiger partial charge is 0.261 e. The number of sulfonamides is 1. The van der Waals surface area contributed by atoms with Crippen LogP contribution in [0.4, 0.5) is 5.69 Å². The van der Waals surface area contributed by atoms with Crippen LogP contribution in [0.25, 0.3) is 5.69 Å². The number of aryl methyl sites for hydroxylation is 2. The number of nitrogens with zero attached hydrogens (tertiary/aromatic N) is 2. The highest BCUT2D eigenvalue weighted by Crippen LogP contribution is 2.27. The number of fused-ring (bicyclic) bond motifs is 1. The molecule has 3 aromatic rings. The highest BCUT2D eigenvalue weighted by molar-refractivity contribution is 7.92. The number of aromatic nitrogens is 2. The van der Waals surface area contributed by atoms with Crippen LogP contribution in [0.1, 0.15) is 17.5 Å². The summed E-state index contributed by atoms with van der Waals surface area (Å²) in [5.41, 5.74) is 3.58. The second kappa shape index (κ2) is 5.79. The largest absolute Gasteiger partial charge is 0.277 e. The number of hydrogen-bond acceptors (Lipinski definition) is 3. The van der Waals surface area contributed by atoms with Crippen molar-refractivity contribution in [1.82, 2.24) is 9.78 Å². The molecular weight excluding hydrogens is 322 g/mol. The summed E-state index contributed by atoms with van der Waals surface area (Å²) in [6.07, 6.45) is 6.51. The monoisotopic (exact) mass is 339 g/mol. The summed E-state index contributed by atoms with van der Waals surface area (Å²) in [7, 11) is -3.64. The third-order valence-corrected chi connectivity index (χ3v) is 5.64. The van der Waals surface area contributed by atoms with Gasteiger partial charge in [0, 0.05) is 12.4 Å². The van der Waals surface area contributed by atoms with E-state index in [9.17, 15) is 8.42 Å². The van der Waals surface area contributed by atoms with Gasteiger partial charge in [-0.1, -0.05) is 18.2 Å². The molecule has 0 atom stereocenters. The van der Waals surface area contributed by atoms with Crippen LogP contribution in [-0.2, 0) is 22.9 Å². The minimum Gasteiger partial charge on any atom is -0.277 e. The fourth-order valence-corrected chi connectivity index (χ4v) is 4.21. The number of rotatable bonds is 4. The van der Waals surface area contributed by atoms with Gasteiger partial charge in [0.25, 0.3) is 10.0 Å². The Hall–Kier alpha value is -2.60. The highest BCUT2D eigenvalue weighted by atomic mass is 32.2. The molecule has 1 aliphatic carbocycles. The van der Waals surface area contributed by atoms with Crippen LogP contribution in [-0.4, -0.2) is 18.2 Å². The lowest BCUT2D eigenvalue weighted by Crippen LogP contribution is -2.15. The summed E-state index contributed by atoms with van der Waals surface area (Å²) < 4.78 is 29.9. The number of hydrogen-bond donors (Lipinski definition) is 1. The summed E-state index contributed by atoms with van der Waals surface area (Å²) in [4.78, 5) is 0.304. The van der Waals surface area contributed by atoms with E-state index in [0.29, 0.717) is 16.3 Å². The van der Waals surface area contributed by atoms with Crippen molar-refractivity contribution in [2.75, 3.05) is 4.72 Å². The molecule has 1 N–H and O–H groups in total. The molecule has 0 saturated carbocycles. The van der Waals surface area contributed by atoms with Crippen LogP contribution >= 0.6 is 0 Å². The average Bonchev–Trinajstić information content (AvgIpc) is 3.26. The van der Waals surface area contributed by atoms with E-state index < -0.39 is 10.0 Å². The third-order valence-electron chi connectivity index (χ3n) is 4.28. The molecule has 0 unspecified atom stereocenters. The van der Waals surface area contributed by atoms with Gasteiger partial charge in [-0.25, -0.2) is 13.1 Å². The minimum atomic E-state index is -3.64. The normalized spacial score (nSPS) is 13.7. The first-order chi connectivity index (χ1) is 11.6. The Bertz CT molecular complexity index is 979. The van der Waals surface area contributed by atoms with Gasteiger partial charge in [0.05, 0.1) is 16.3 Å². The molecule has 0 radical (unpaired) electrons. The van der Waals surface area contributed by atoms with E-state index in [4.69, 9.17) is 0 Å². The molecule has 0 aliphatic heterocycles. The zero-order valence-electron chi connectivity index (χ0n) is 13.0. The molecule has 1 heterocycles. The summed E-state index contributed by atoms with van der Waals surface area (Å²) in [6, 6.07) is 14.4. The molecule has 2 aromatic carbocycles. The molecule has 0 amide bonds. The van der Waals surface area contributed by atoms with E-state index in [0.717, 1.165) is 24.8 Å². The maximum atomic E-state index is 12.8. The third kappa shape index (κ3) is 2.69. The highest BCUT2D eigenvalue weighted by Gasteiger charge is 2.19. The fourth-order valence-electron chi connectivity index (χ4n) is 3.09. The number of anilines is 1. The van der Waals surface area contributed by atoms with Gasteiger partial charge in [0.2, 0.25) is 0 Å². The van der Waals surface area contributed by atoms with E-state index in [-0.39, 0.29) is 0 Å². The maximum Gasteiger partial charge on any atom is 0.261 e. The molecule has 1 aliphatic rings. The number of nitrogens with one attached hydrogen (secondary N) is 1. The Morgan fingerprint density at radius 3 is 2.67 bits per heavy atom. The number of benzene rings is 2. The summed E-state index contributed by atoms with van der Waals surface area (Å²) in [5.74, 6) is 0. The lowest BCUT2D eigenvalue weighted by atomic mass is 10.1.